The number of hydrogen-bond acceptors (Lipinski definition) is 3. The molecule has 0 radical (unpaired) electrons. The van der Waals surface area contributed by atoms with Crippen LogP contribution in [0.1, 0.15) is 0 Å². The van der Waals surface area contributed by atoms with Gasteiger partial charge in [-0.1, -0.05) is 54.7 Å². The summed E-state index contributed by atoms with van der Waals surface area (Å²) in [5.74, 6) is 0. The Kier molecular flexibility index (Phi) is 4.69. The molecule has 2 nitrogen and oxygen atoms in total. The molecule has 126 valence electrons. The topological polar surface area (TPSA) is 28.7 Å². The molecule has 2 aromatic heterocycles. The Morgan fingerprint density at radius 1 is 0.654 bits per heavy atom. The highest BCUT2D eigenvalue weighted by Crippen LogP contribution is 2.26. The molecule has 4 aromatic rings. The van der Waals surface area contributed by atoms with Gasteiger partial charge in [0, 0.05) is 28.4 Å². The Labute approximate surface area is 163 Å². The Balaban J connectivity index is 1.58. The summed E-state index contributed by atoms with van der Waals surface area (Å²) in [5.41, 5.74) is 6.55. The van der Waals surface area contributed by atoms with Gasteiger partial charge in [0.2, 0.25) is 0 Å². The number of rotatable bonds is 3. The molecule has 0 aliphatic heterocycles. The van der Waals surface area contributed by atoms with Gasteiger partial charge in [-0.25, -0.2) is 0 Å². The normalized spacial score (nSPS) is 10.7. The third-order valence-corrected chi connectivity index (χ3v) is 4.81. The van der Waals surface area contributed by atoms with E-state index in [0.717, 1.165) is 31.9 Å². The van der Waals surface area contributed by atoms with E-state index in [9.17, 15) is 0 Å². The largest absolute Gasteiger partial charge is 0.352 e. The van der Waals surface area contributed by atoms with Gasteiger partial charge in [0.25, 0.3) is 0 Å². The molecule has 0 spiro atoms. The zero-order valence-corrected chi connectivity index (χ0v) is 15.6. The zero-order valence-electron chi connectivity index (χ0n) is 13.9. The van der Waals surface area contributed by atoms with Crippen LogP contribution in [0, 0.1) is 4.64 Å². The van der Waals surface area contributed by atoms with Crippen LogP contribution >= 0.6 is 24.8 Å². The van der Waals surface area contributed by atoms with Crippen LogP contribution in [0.2, 0.25) is 0 Å². The molecule has 4 heteroatoms. The predicted molar refractivity (Wildman–Crippen MR) is 113 cm³/mol. The van der Waals surface area contributed by atoms with Crippen molar-refractivity contribution in [3.05, 3.63) is 89.8 Å². The number of nitrogens with one attached hydrogen (secondary N) is 1. The van der Waals surface area contributed by atoms with E-state index in [4.69, 9.17) is 12.2 Å². The Hall–Kier alpha value is -2.69. The summed E-state index contributed by atoms with van der Waals surface area (Å²) in [6.07, 6.45) is 3.79. The second-order valence-corrected chi connectivity index (χ2v) is 6.95. The molecule has 0 saturated carbocycles. The fraction of sp³-hybridized carbons (Fsp3) is 0. The molecule has 26 heavy (non-hydrogen) atoms. The summed E-state index contributed by atoms with van der Waals surface area (Å²) in [5, 5.41) is 0. The first-order valence-corrected chi connectivity index (χ1v) is 9.10. The van der Waals surface area contributed by atoms with Crippen LogP contribution in [0.4, 0.5) is 0 Å². The van der Waals surface area contributed by atoms with Crippen molar-refractivity contribution >= 4 is 24.8 Å². The number of benzene rings is 2. The lowest BCUT2D eigenvalue weighted by Crippen LogP contribution is -1.86. The lowest BCUT2D eigenvalue weighted by molar-refractivity contribution is 1.26. The predicted octanol–water partition coefficient (Wildman–Crippen LogP) is 6.43. The van der Waals surface area contributed by atoms with Crippen molar-refractivity contribution in [1.82, 2.24) is 9.97 Å². The summed E-state index contributed by atoms with van der Waals surface area (Å²) in [6.45, 7) is 0. The van der Waals surface area contributed by atoms with E-state index in [2.05, 4.69) is 65.1 Å². The fourth-order valence-electron chi connectivity index (χ4n) is 2.81. The van der Waals surface area contributed by atoms with Crippen LogP contribution in [0.25, 0.3) is 33.5 Å². The van der Waals surface area contributed by atoms with Crippen LogP contribution < -0.4 is 0 Å². The first-order chi connectivity index (χ1) is 12.7. The minimum absolute atomic E-state index is 0.717. The average Bonchev–Trinajstić information content (AvgIpc) is 2.70. The molecule has 0 unspecified atom stereocenters. The minimum atomic E-state index is 0.717. The molecule has 4 rings (SSSR count). The molecule has 0 amide bonds. The van der Waals surface area contributed by atoms with Crippen molar-refractivity contribution in [2.75, 3.05) is 0 Å². The lowest BCUT2D eigenvalue weighted by Gasteiger charge is -2.06. The van der Waals surface area contributed by atoms with Gasteiger partial charge in [-0.05, 0) is 47.0 Å². The van der Waals surface area contributed by atoms with Crippen LogP contribution in [-0.2, 0) is 0 Å². The number of thiol groups is 1. The van der Waals surface area contributed by atoms with E-state index >= 15 is 0 Å². The monoisotopic (exact) mass is 372 g/mol. The Morgan fingerprint density at radius 2 is 1.19 bits per heavy atom. The molecule has 1 N–H and O–H groups in total. The summed E-state index contributed by atoms with van der Waals surface area (Å²) in [7, 11) is 0. The van der Waals surface area contributed by atoms with Gasteiger partial charge >= 0.3 is 0 Å². The number of pyridine rings is 2. The van der Waals surface area contributed by atoms with Gasteiger partial charge in [-0.15, -0.1) is 12.6 Å². The SMILES string of the molecule is S=c1ccc(-c2ccc(-c3ccc(-c4ccc(S)cc4)cc3)cn2)c[nH]1. The summed E-state index contributed by atoms with van der Waals surface area (Å²) in [6, 6.07) is 24.7. The summed E-state index contributed by atoms with van der Waals surface area (Å²) < 4.78 is 0.717. The van der Waals surface area contributed by atoms with Gasteiger partial charge in [-0.2, -0.15) is 0 Å². The van der Waals surface area contributed by atoms with Gasteiger partial charge in [0.15, 0.2) is 0 Å². The second-order valence-electron chi connectivity index (χ2n) is 6.00. The molecule has 0 atom stereocenters. The molecule has 0 aliphatic rings. The van der Waals surface area contributed by atoms with E-state index in [1.165, 1.54) is 11.1 Å². The highest BCUT2D eigenvalue weighted by atomic mass is 32.1. The van der Waals surface area contributed by atoms with Crippen LogP contribution in [0.5, 0.6) is 0 Å². The molecule has 0 bridgehead atoms. The molecule has 0 fully saturated rings. The van der Waals surface area contributed by atoms with Crippen molar-refractivity contribution in [2.45, 2.75) is 4.90 Å². The quantitative estimate of drug-likeness (QED) is 0.320. The highest BCUT2D eigenvalue weighted by molar-refractivity contribution is 7.80. The van der Waals surface area contributed by atoms with Crippen molar-refractivity contribution in [1.29, 1.82) is 0 Å². The first-order valence-electron chi connectivity index (χ1n) is 8.24. The number of nitrogens with zero attached hydrogens (tertiary/aromatic N) is 1. The number of aromatic amines is 1. The summed E-state index contributed by atoms with van der Waals surface area (Å²) in [4.78, 5) is 8.59. The second kappa shape index (κ2) is 7.28. The van der Waals surface area contributed by atoms with E-state index in [0.29, 0.717) is 0 Å². The molecule has 0 saturated heterocycles. The lowest BCUT2D eigenvalue weighted by atomic mass is 10.0. The first kappa shape index (κ1) is 16.8. The average molecular weight is 373 g/mol. The van der Waals surface area contributed by atoms with Crippen molar-refractivity contribution in [3.8, 4) is 33.5 Å². The van der Waals surface area contributed by atoms with Crippen molar-refractivity contribution < 1.29 is 0 Å². The van der Waals surface area contributed by atoms with Gasteiger partial charge in [0.05, 0.1) is 5.69 Å². The number of hydrogen-bond donors (Lipinski definition) is 2. The zero-order chi connectivity index (χ0) is 17.9. The van der Waals surface area contributed by atoms with Crippen LogP contribution in [0.15, 0.2) is 90.1 Å². The van der Waals surface area contributed by atoms with Crippen LogP contribution in [-0.4, -0.2) is 9.97 Å². The third kappa shape index (κ3) is 3.62. The molecule has 0 aliphatic carbocycles. The van der Waals surface area contributed by atoms with Gasteiger partial charge in [0.1, 0.15) is 4.64 Å². The van der Waals surface area contributed by atoms with E-state index < -0.39 is 0 Å². The number of H-pyrrole nitrogens is 1. The molecule has 2 aromatic carbocycles. The van der Waals surface area contributed by atoms with Crippen molar-refractivity contribution in [3.63, 3.8) is 0 Å². The third-order valence-electron chi connectivity index (χ3n) is 4.26. The summed E-state index contributed by atoms with van der Waals surface area (Å²) >= 11 is 9.41. The molecular formula is C22H16N2S2. The minimum Gasteiger partial charge on any atom is -0.352 e. The maximum Gasteiger partial charge on any atom is 0.103 e. The van der Waals surface area contributed by atoms with E-state index in [-0.39, 0.29) is 0 Å². The Morgan fingerprint density at radius 3 is 1.73 bits per heavy atom. The number of aromatic nitrogens is 2. The smallest absolute Gasteiger partial charge is 0.103 e. The van der Waals surface area contributed by atoms with Gasteiger partial charge < -0.3 is 4.98 Å². The van der Waals surface area contributed by atoms with Crippen LogP contribution in [0.3, 0.4) is 0 Å². The maximum atomic E-state index is 5.08. The maximum absolute atomic E-state index is 5.08. The van der Waals surface area contributed by atoms with E-state index in [1.807, 2.05) is 42.7 Å². The van der Waals surface area contributed by atoms with Crippen molar-refractivity contribution in [2.24, 2.45) is 0 Å². The Bertz CT molecular complexity index is 1060. The van der Waals surface area contributed by atoms with Gasteiger partial charge in [-0.3, -0.25) is 4.98 Å². The fourth-order valence-corrected chi connectivity index (χ4v) is 3.09. The standard InChI is InChI=1S/C22H16N2S2/c25-20-9-5-16(6-10-20)15-1-3-17(4-2-15)18-7-11-21(23-13-18)19-8-12-22(26)24-14-19/h1-14,25H,(H,24,26). The molecular weight excluding hydrogens is 356 g/mol. The highest BCUT2D eigenvalue weighted by Gasteiger charge is 2.03. The van der Waals surface area contributed by atoms with E-state index in [1.54, 1.807) is 0 Å². The molecule has 2 heterocycles.